The number of aryl methyl sites for hydroxylation is 1. The first kappa shape index (κ1) is 31.6. The van der Waals surface area contributed by atoms with Gasteiger partial charge in [-0.2, -0.15) is 5.26 Å². The Hall–Kier alpha value is -3.38. The van der Waals surface area contributed by atoms with Crippen LogP contribution >= 0.6 is 0 Å². The number of alkyl halides is 2. The topological polar surface area (TPSA) is 95.6 Å². The molecule has 2 aliphatic rings. The van der Waals surface area contributed by atoms with Crippen molar-refractivity contribution in [3.63, 3.8) is 0 Å². The molecule has 0 bridgehead atoms. The van der Waals surface area contributed by atoms with Crippen molar-refractivity contribution in [1.29, 1.82) is 5.26 Å². The Kier molecular flexibility index (Phi) is 10.3. The molecule has 1 saturated heterocycles. The smallest absolute Gasteiger partial charge is 0.276 e. The van der Waals surface area contributed by atoms with Crippen LogP contribution in [0.25, 0.3) is 11.0 Å². The average molecular weight is 579 g/mol. The molecule has 0 unspecified atom stereocenters. The van der Waals surface area contributed by atoms with Crippen LogP contribution in [0.15, 0.2) is 41.5 Å². The summed E-state index contributed by atoms with van der Waals surface area (Å²) in [6.45, 7) is 9.79. The van der Waals surface area contributed by atoms with E-state index in [1.807, 2.05) is 26.8 Å². The summed E-state index contributed by atoms with van der Waals surface area (Å²) in [7, 11) is 0. The third kappa shape index (κ3) is 6.49. The van der Waals surface area contributed by atoms with E-state index < -0.39 is 17.3 Å². The lowest BCUT2D eigenvalue weighted by atomic mass is 9.86. The summed E-state index contributed by atoms with van der Waals surface area (Å²) in [5.74, 6) is -3.07. The Labute approximate surface area is 247 Å². The van der Waals surface area contributed by atoms with Crippen molar-refractivity contribution in [2.45, 2.75) is 103 Å². The lowest BCUT2D eigenvalue weighted by Gasteiger charge is -2.31. The van der Waals surface area contributed by atoms with E-state index in [1.165, 1.54) is 12.4 Å². The number of anilines is 1. The zero-order valence-corrected chi connectivity index (χ0v) is 25.4. The molecule has 226 valence electrons. The second-order valence-electron chi connectivity index (χ2n) is 11.4. The van der Waals surface area contributed by atoms with Crippen molar-refractivity contribution >= 4 is 16.9 Å². The van der Waals surface area contributed by atoms with Gasteiger partial charge < -0.3 is 10.6 Å². The summed E-state index contributed by atoms with van der Waals surface area (Å²) in [6.07, 6.45) is 7.66. The fourth-order valence-corrected chi connectivity index (χ4v) is 5.83. The molecule has 5 rings (SSSR count). The maximum absolute atomic E-state index is 15.4. The Morgan fingerprint density at radius 3 is 2.57 bits per heavy atom. The average Bonchev–Trinajstić information content (AvgIpc) is 3.83. The summed E-state index contributed by atoms with van der Waals surface area (Å²) < 4.78 is 32.5. The molecule has 0 radical (unpaired) electrons. The Balaban J connectivity index is 0.00000198. The molecular formula is C33H44F2N6O. The monoisotopic (exact) mass is 578 g/mol. The van der Waals surface area contributed by atoms with E-state index in [1.54, 1.807) is 22.8 Å². The first-order valence-electron chi connectivity index (χ1n) is 15.6. The number of nitrogens with zero attached hydrogens (tertiary/aromatic N) is 4. The highest BCUT2D eigenvalue weighted by atomic mass is 19.3. The highest BCUT2D eigenvalue weighted by Crippen LogP contribution is 2.47. The quantitative estimate of drug-likeness (QED) is 0.233. The van der Waals surface area contributed by atoms with Crippen molar-refractivity contribution in [3.8, 4) is 6.07 Å². The Morgan fingerprint density at radius 2 is 1.90 bits per heavy atom. The SMILES string of the molecule is CC.CCCCCCn1c(=O)c(C2(C#N)CC2)cc2c(N[C@H](C)c3cccc(C(F)(F)C4CCNCC4)c3)ncnc21. The van der Waals surface area contributed by atoms with E-state index in [0.29, 0.717) is 67.7 Å². The van der Waals surface area contributed by atoms with Gasteiger partial charge in [-0.05, 0) is 69.8 Å². The number of fused-ring (bicyclic) bond motifs is 1. The van der Waals surface area contributed by atoms with Crippen molar-refractivity contribution in [3.05, 3.63) is 63.7 Å². The molecule has 1 atom stereocenters. The molecule has 3 aromatic rings. The molecule has 2 fully saturated rings. The van der Waals surface area contributed by atoms with Gasteiger partial charge in [-0.15, -0.1) is 0 Å². The molecule has 42 heavy (non-hydrogen) atoms. The number of nitriles is 1. The molecule has 3 heterocycles. The molecule has 0 spiro atoms. The summed E-state index contributed by atoms with van der Waals surface area (Å²) in [6, 6.07) is 10.4. The molecule has 2 aromatic heterocycles. The van der Waals surface area contributed by atoms with E-state index in [2.05, 4.69) is 33.6 Å². The van der Waals surface area contributed by atoms with E-state index in [-0.39, 0.29) is 17.2 Å². The lowest BCUT2D eigenvalue weighted by molar-refractivity contribution is -0.0754. The number of unbranched alkanes of at least 4 members (excludes halogenated alkanes) is 3. The second-order valence-corrected chi connectivity index (χ2v) is 11.4. The zero-order valence-electron chi connectivity index (χ0n) is 25.4. The number of piperidine rings is 1. The van der Waals surface area contributed by atoms with Gasteiger partial charge in [0.2, 0.25) is 0 Å². The molecule has 1 aromatic carbocycles. The number of benzene rings is 1. The minimum absolute atomic E-state index is 0.0333. The number of hydrogen-bond acceptors (Lipinski definition) is 6. The predicted molar refractivity (Wildman–Crippen MR) is 164 cm³/mol. The van der Waals surface area contributed by atoms with Gasteiger partial charge in [0, 0.05) is 29.6 Å². The number of aromatic nitrogens is 3. The van der Waals surface area contributed by atoms with Crippen molar-refractivity contribution in [2.75, 3.05) is 18.4 Å². The van der Waals surface area contributed by atoms with Gasteiger partial charge >= 0.3 is 0 Å². The van der Waals surface area contributed by atoms with Gasteiger partial charge in [-0.1, -0.05) is 58.2 Å². The minimum Gasteiger partial charge on any atom is -0.363 e. The van der Waals surface area contributed by atoms with Crippen LogP contribution in [0, 0.1) is 17.2 Å². The van der Waals surface area contributed by atoms with Gasteiger partial charge in [-0.25, -0.2) is 18.7 Å². The first-order chi connectivity index (χ1) is 20.3. The van der Waals surface area contributed by atoms with Crippen molar-refractivity contribution in [2.24, 2.45) is 5.92 Å². The number of rotatable bonds is 11. The van der Waals surface area contributed by atoms with Crippen LogP contribution in [-0.2, 0) is 17.9 Å². The highest BCUT2D eigenvalue weighted by molar-refractivity contribution is 5.87. The number of pyridine rings is 1. The lowest BCUT2D eigenvalue weighted by Crippen LogP contribution is -2.36. The van der Waals surface area contributed by atoms with E-state index in [0.717, 1.165) is 31.2 Å². The molecular weight excluding hydrogens is 534 g/mol. The summed E-state index contributed by atoms with van der Waals surface area (Å²) >= 11 is 0. The second kappa shape index (κ2) is 13.7. The van der Waals surface area contributed by atoms with Gasteiger partial charge in [0.15, 0.2) is 0 Å². The molecule has 9 heteroatoms. The molecule has 0 amide bonds. The van der Waals surface area contributed by atoms with Crippen LogP contribution in [0.3, 0.4) is 0 Å². The third-order valence-electron chi connectivity index (χ3n) is 8.57. The summed E-state index contributed by atoms with van der Waals surface area (Å²) in [5, 5.41) is 17.1. The Bertz CT molecular complexity index is 1450. The highest BCUT2D eigenvalue weighted by Gasteiger charge is 2.47. The van der Waals surface area contributed by atoms with Crippen molar-refractivity contribution in [1.82, 2.24) is 19.9 Å². The molecule has 1 aliphatic carbocycles. The standard InChI is InChI=1S/C31H38F2N6O.C2H6/c1-3-4-5-6-16-39-28-25(18-26(29(39)40)30(19-34)12-13-30)27(36-20-37-28)38-21(2)22-8-7-9-24(17-22)31(32,33)23-10-14-35-15-11-23;1-2/h7-9,17-18,20-21,23,35H,3-6,10-16H2,1-2H3,(H,36,37,38);1-2H3/t21-;/m1./s1. The molecule has 7 nitrogen and oxygen atoms in total. The first-order valence-corrected chi connectivity index (χ1v) is 15.6. The van der Waals surface area contributed by atoms with E-state index in [9.17, 15) is 10.1 Å². The summed E-state index contributed by atoms with van der Waals surface area (Å²) in [4.78, 5) is 22.5. The fourth-order valence-electron chi connectivity index (χ4n) is 5.83. The van der Waals surface area contributed by atoms with Crippen molar-refractivity contribution < 1.29 is 8.78 Å². The number of hydrogen-bond donors (Lipinski definition) is 2. The fraction of sp³-hybridized carbons (Fsp3) is 0.576. The van der Waals surface area contributed by atoms with Gasteiger partial charge in [0.25, 0.3) is 11.5 Å². The third-order valence-corrected chi connectivity index (χ3v) is 8.57. The van der Waals surface area contributed by atoms with Crippen LogP contribution in [-0.4, -0.2) is 27.6 Å². The Morgan fingerprint density at radius 1 is 1.17 bits per heavy atom. The predicted octanol–water partition coefficient (Wildman–Crippen LogP) is 7.22. The van der Waals surface area contributed by atoms with Crippen LogP contribution in [0.1, 0.15) is 102 Å². The molecule has 1 saturated carbocycles. The van der Waals surface area contributed by atoms with Gasteiger partial charge in [0.1, 0.15) is 17.8 Å². The maximum atomic E-state index is 15.4. The van der Waals surface area contributed by atoms with E-state index in [4.69, 9.17) is 0 Å². The van der Waals surface area contributed by atoms with Crippen LogP contribution in [0.4, 0.5) is 14.6 Å². The normalized spacial score (nSPS) is 17.2. The van der Waals surface area contributed by atoms with Gasteiger partial charge in [-0.3, -0.25) is 9.36 Å². The maximum Gasteiger partial charge on any atom is 0.276 e. The molecule has 2 N–H and O–H groups in total. The number of halogens is 2. The summed E-state index contributed by atoms with van der Waals surface area (Å²) in [5.41, 5.74) is 0.854. The van der Waals surface area contributed by atoms with Crippen LogP contribution in [0.2, 0.25) is 0 Å². The van der Waals surface area contributed by atoms with E-state index >= 15 is 8.78 Å². The van der Waals surface area contributed by atoms with Crippen LogP contribution < -0.4 is 16.2 Å². The van der Waals surface area contributed by atoms with Crippen LogP contribution in [0.5, 0.6) is 0 Å². The largest absolute Gasteiger partial charge is 0.363 e. The number of nitrogens with one attached hydrogen (secondary N) is 2. The minimum atomic E-state index is -2.90. The molecule has 1 aliphatic heterocycles. The zero-order chi connectivity index (χ0) is 30.3. The van der Waals surface area contributed by atoms with Gasteiger partial charge in [0.05, 0.1) is 16.9 Å².